The molecule has 1 N–H and O–H groups in total. The maximum Gasteiger partial charge on any atom is 0.257 e. The second-order valence-corrected chi connectivity index (χ2v) is 5.10. The molecular weight excluding hydrogens is 276 g/mol. The van der Waals surface area contributed by atoms with Crippen molar-refractivity contribution in [1.82, 2.24) is 10.5 Å². The van der Waals surface area contributed by atoms with Gasteiger partial charge in [-0.05, 0) is 38.0 Å². The lowest BCUT2D eigenvalue weighted by atomic mass is 10.1. The predicted molar refractivity (Wildman–Crippen MR) is 78.0 cm³/mol. The number of hydrogen-bond donors (Lipinski definition) is 1. The van der Waals surface area contributed by atoms with Gasteiger partial charge in [-0.1, -0.05) is 35.8 Å². The highest BCUT2D eigenvalue weighted by Crippen LogP contribution is 2.19. The van der Waals surface area contributed by atoms with Crippen LogP contribution in [0.15, 0.2) is 28.8 Å². The fourth-order valence-corrected chi connectivity index (χ4v) is 2.28. The Morgan fingerprint density at radius 2 is 2.25 bits per heavy atom. The van der Waals surface area contributed by atoms with Crippen molar-refractivity contribution in [3.63, 3.8) is 0 Å². The molecule has 0 radical (unpaired) electrons. The molecule has 1 amide bonds. The van der Waals surface area contributed by atoms with Crippen molar-refractivity contribution < 1.29 is 9.32 Å². The number of aryl methyl sites for hydroxylation is 2. The van der Waals surface area contributed by atoms with Crippen LogP contribution >= 0.6 is 11.6 Å². The zero-order valence-electron chi connectivity index (χ0n) is 11.7. The van der Waals surface area contributed by atoms with Crippen molar-refractivity contribution in [2.24, 2.45) is 0 Å². The van der Waals surface area contributed by atoms with Crippen LogP contribution in [0.4, 0.5) is 0 Å². The van der Waals surface area contributed by atoms with Gasteiger partial charge in [-0.3, -0.25) is 4.79 Å². The average molecular weight is 293 g/mol. The van der Waals surface area contributed by atoms with Crippen molar-refractivity contribution in [2.75, 3.05) is 0 Å². The minimum absolute atomic E-state index is 0.139. The molecule has 4 nitrogen and oxygen atoms in total. The van der Waals surface area contributed by atoms with Gasteiger partial charge in [0.1, 0.15) is 11.3 Å². The number of aromatic nitrogens is 1. The van der Waals surface area contributed by atoms with Crippen molar-refractivity contribution >= 4 is 17.5 Å². The summed E-state index contributed by atoms with van der Waals surface area (Å²) < 4.78 is 5.08. The van der Waals surface area contributed by atoms with Gasteiger partial charge in [-0.25, -0.2) is 0 Å². The maximum absolute atomic E-state index is 12.3. The molecule has 0 aliphatic carbocycles. The Kier molecular flexibility index (Phi) is 4.45. The third kappa shape index (κ3) is 3.02. The van der Waals surface area contributed by atoms with E-state index in [1.807, 2.05) is 32.0 Å². The third-order valence-electron chi connectivity index (χ3n) is 3.19. The van der Waals surface area contributed by atoms with Crippen LogP contribution in [-0.2, 0) is 6.42 Å². The molecule has 106 valence electrons. The smallest absolute Gasteiger partial charge is 0.257 e. The van der Waals surface area contributed by atoms with Gasteiger partial charge < -0.3 is 9.84 Å². The van der Waals surface area contributed by atoms with E-state index in [0.717, 1.165) is 5.56 Å². The molecule has 0 saturated heterocycles. The molecule has 1 aromatic heterocycles. The van der Waals surface area contributed by atoms with Crippen LogP contribution in [-0.4, -0.2) is 11.1 Å². The standard InChI is InChI=1S/C15H17ClN2O2/c1-4-13-14(10(3)20-18-13)15(19)17-9(2)11-6-5-7-12(16)8-11/h5-9H,4H2,1-3H3,(H,17,19). The Labute approximate surface area is 123 Å². The lowest BCUT2D eigenvalue weighted by Crippen LogP contribution is -2.27. The molecule has 0 aliphatic heterocycles. The molecule has 0 aliphatic rings. The van der Waals surface area contributed by atoms with E-state index in [4.69, 9.17) is 16.1 Å². The topological polar surface area (TPSA) is 55.1 Å². The molecule has 1 atom stereocenters. The summed E-state index contributed by atoms with van der Waals surface area (Å²) >= 11 is 5.96. The number of carbonyl (C=O) groups excluding carboxylic acids is 1. The van der Waals surface area contributed by atoms with Gasteiger partial charge in [-0.15, -0.1) is 0 Å². The van der Waals surface area contributed by atoms with E-state index < -0.39 is 0 Å². The summed E-state index contributed by atoms with van der Waals surface area (Å²) in [7, 11) is 0. The van der Waals surface area contributed by atoms with E-state index in [1.165, 1.54) is 0 Å². The zero-order chi connectivity index (χ0) is 14.7. The molecule has 1 heterocycles. The van der Waals surface area contributed by atoms with E-state index in [0.29, 0.717) is 28.5 Å². The largest absolute Gasteiger partial charge is 0.361 e. The van der Waals surface area contributed by atoms with E-state index >= 15 is 0 Å². The molecular formula is C15H17ClN2O2. The van der Waals surface area contributed by atoms with Crippen LogP contribution in [0.5, 0.6) is 0 Å². The first-order valence-electron chi connectivity index (χ1n) is 6.54. The number of halogens is 1. The molecule has 2 aromatic rings. The molecule has 0 fully saturated rings. The van der Waals surface area contributed by atoms with Crippen LogP contribution in [0.25, 0.3) is 0 Å². The molecule has 1 aromatic carbocycles. The van der Waals surface area contributed by atoms with Gasteiger partial charge >= 0.3 is 0 Å². The third-order valence-corrected chi connectivity index (χ3v) is 3.43. The van der Waals surface area contributed by atoms with Gasteiger partial charge in [0.15, 0.2) is 0 Å². The highest BCUT2D eigenvalue weighted by Gasteiger charge is 2.20. The van der Waals surface area contributed by atoms with E-state index in [1.54, 1.807) is 13.0 Å². The fourth-order valence-electron chi connectivity index (χ4n) is 2.08. The highest BCUT2D eigenvalue weighted by molar-refractivity contribution is 6.30. The lowest BCUT2D eigenvalue weighted by molar-refractivity contribution is 0.0937. The second kappa shape index (κ2) is 6.09. The SMILES string of the molecule is CCc1noc(C)c1C(=O)NC(C)c1cccc(Cl)c1. The summed E-state index contributed by atoms with van der Waals surface area (Å²) in [5.41, 5.74) is 2.16. The lowest BCUT2D eigenvalue weighted by Gasteiger charge is -2.14. The molecule has 0 spiro atoms. The Bertz CT molecular complexity index is 622. The Morgan fingerprint density at radius 1 is 1.50 bits per heavy atom. The summed E-state index contributed by atoms with van der Waals surface area (Å²) in [6.07, 6.45) is 0.658. The first kappa shape index (κ1) is 14.6. The number of nitrogens with one attached hydrogen (secondary N) is 1. The van der Waals surface area contributed by atoms with Crippen molar-refractivity contribution in [3.05, 3.63) is 51.9 Å². The zero-order valence-corrected chi connectivity index (χ0v) is 12.5. The molecule has 0 saturated carbocycles. The van der Waals surface area contributed by atoms with E-state index in [9.17, 15) is 4.79 Å². The number of nitrogens with zero attached hydrogens (tertiary/aromatic N) is 1. The highest BCUT2D eigenvalue weighted by atomic mass is 35.5. The molecule has 5 heteroatoms. The molecule has 2 rings (SSSR count). The predicted octanol–water partition coefficient (Wildman–Crippen LogP) is 3.69. The Morgan fingerprint density at radius 3 is 2.90 bits per heavy atom. The van der Waals surface area contributed by atoms with Crippen LogP contribution < -0.4 is 5.32 Å². The van der Waals surface area contributed by atoms with Crippen molar-refractivity contribution in [2.45, 2.75) is 33.2 Å². The van der Waals surface area contributed by atoms with Gasteiger partial charge in [0.25, 0.3) is 5.91 Å². The van der Waals surface area contributed by atoms with Crippen LogP contribution in [0, 0.1) is 6.92 Å². The second-order valence-electron chi connectivity index (χ2n) is 4.66. The fraction of sp³-hybridized carbons (Fsp3) is 0.333. The number of amides is 1. The van der Waals surface area contributed by atoms with Gasteiger partial charge in [0, 0.05) is 5.02 Å². The van der Waals surface area contributed by atoms with E-state index in [2.05, 4.69) is 10.5 Å². The van der Waals surface area contributed by atoms with Crippen LogP contribution in [0.3, 0.4) is 0 Å². The van der Waals surface area contributed by atoms with E-state index in [-0.39, 0.29) is 11.9 Å². The normalized spacial score (nSPS) is 12.2. The maximum atomic E-state index is 12.3. The monoisotopic (exact) mass is 292 g/mol. The summed E-state index contributed by atoms with van der Waals surface area (Å²) in [6.45, 7) is 5.59. The summed E-state index contributed by atoms with van der Waals surface area (Å²) in [4.78, 5) is 12.3. The summed E-state index contributed by atoms with van der Waals surface area (Å²) in [5.74, 6) is 0.366. The molecule has 0 bridgehead atoms. The Hall–Kier alpha value is -1.81. The minimum atomic E-state index is -0.173. The number of rotatable bonds is 4. The van der Waals surface area contributed by atoms with Crippen molar-refractivity contribution in [1.29, 1.82) is 0 Å². The summed E-state index contributed by atoms with van der Waals surface area (Å²) in [6, 6.07) is 7.30. The van der Waals surface area contributed by atoms with Gasteiger partial charge in [-0.2, -0.15) is 0 Å². The quantitative estimate of drug-likeness (QED) is 0.935. The first-order chi connectivity index (χ1) is 9.52. The number of benzene rings is 1. The van der Waals surface area contributed by atoms with Crippen molar-refractivity contribution in [3.8, 4) is 0 Å². The minimum Gasteiger partial charge on any atom is -0.361 e. The average Bonchev–Trinajstić information content (AvgIpc) is 2.79. The first-order valence-corrected chi connectivity index (χ1v) is 6.92. The van der Waals surface area contributed by atoms with Gasteiger partial charge in [0.2, 0.25) is 0 Å². The number of hydrogen-bond acceptors (Lipinski definition) is 3. The Balaban J connectivity index is 2.17. The molecule has 20 heavy (non-hydrogen) atoms. The molecule has 1 unspecified atom stereocenters. The summed E-state index contributed by atoms with van der Waals surface area (Å²) in [5, 5.41) is 7.49. The van der Waals surface area contributed by atoms with Crippen LogP contribution in [0.1, 0.15) is 47.3 Å². The number of carbonyl (C=O) groups is 1. The van der Waals surface area contributed by atoms with Gasteiger partial charge in [0.05, 0.1) is 11.7 Å². The van der Waals surface area contributed by atoms with Crippen LogP contribution in [0.2, 0.25) is 5.02 Å².